The molecule has 0 amide bonds. The number of nitrogens with two attached hydrogens (primary N) is 2. The van der Waals surface area contributed by atoms with Gasteiger partial charge in [-0.05, 0) is 22.8 Å². The van der Waals surface area contributed by atoms with Crippen molar-refractivity contribution in [2.75, 3.05) is 6.54 Å². The molecule has 0 aliphatic heterocycles. The molecule has 0 saturated carbocycles. The van der Waals surface area contributed by atoms with Gasteiger partial charge < -0.3 is 16.2 Å². The van der Waals surface area contributed by atoms with Crippen LogP contribution in [-0.4, -0.2) is 12.5 Å². The molecule has 4 N–H and O–H groups in total. The Hall–Kier alpha value is -2.17. The Morgan fingerprint density at radius 1 is 1.11 bits per heavy atom. The van der Waals surface area contributed by atoms with E-state index in [0.717, 1.165) is 22.3 Å². The molecule has 2 aromatic rings. The van der Waals surface area contributed by atoms with Crippen LogP contribution in [0.4, 0.5) is 0 Å². The van der Waals surface area contributed by atoms with Crippen molar-refractivity contribution in [3.8, 4) is 16.9 Å². The van der Waals surface area contributed by atoms with Crippen LogP contribution < -0.4 is 16.2 Å². The fourth-order valence-corrected chi connectivity index (χ4v) is 2.52. The van der Waals surface area contributed by atoms with Crippen molar-refractivity contribution < 1.29 is 9.53 Å². The van der Waals surface area contributed by atoms with Crippen LogP contribution in [0.1, 0.15) is 17.2 Å². The highest BCUT2D eigenvalue weighted by molar-refractivity contribution is 5.83. The van der Waals surface area contributed by atoms with Gasteiger partial charge in [0.1, 0.15) is 5.75 Å². The lowest BCUT2D eigenvalue weighted by Gasteiger charge is -2.12. The maximum Gasteiger partial charge on any atom is 0.325 e. The van der Waals surface area contributed by atoms with Crippen LogP contribution in [0.2, 0.25) is 0 Å². The van der Waals surface area contributed by atoms with Crippen LogP contribution in [0.5, 0.6) is 5.75 Å². The zero-order chi connectivity index (χ0) is 13.4. The van der Waals surface area contributed by atoms with Gasteiger partial charge in [0.05, 0.1) is 12.6 Å². The fourth-order valence-electron chi connectivity index (χ4n) is 2.52. The summed E-state index contributed by atoms with van der Waals surface area (Å²) >= 11 is 0. The molecule has 2 aromatic carbocycles. The minimum atomic E-state index is -0.462. The third-order valence-corrected chi connectivity index (χ3v) is 3.35. The Kier molecular flexibility index (Phi) is 2.81. The van der Waals surface area contributed by atoms with E-state index >= 15 is 0 Å². The number of benzene rings is 2. The summed E-state index contributed by atoms with van der Waals surface area (Å²) in [5.74, 6) is 0.0354. The second kappa shape index (κ2) is 4.50. The summed E-state index contributed by atoms with van der Waals surface area (Å²) in [7, 11) is 0. The van der Waals surface area contributed by atoms with E-state index in [2.05, 4.69) is 0 Å². The van der Waals surface area contributed by atoms with Crippen molar-refractivity contribution >= 4 is 5.97 Å². The summed E-state index contributed by atoms with van der Waals surface area (Å²) < 4.78 is 5.26. The summed E-state index contributed by atoms with van der Waals surface area (Å²) in [5, 5.41) is 0. The zero-order valence-electron chi connectivity index (χ0n) is 10.3. The fraction of sp³-hybridized carbons (Fsp3) is 0.133. The van der Waals surface area contributed by atoms with E-state index in [4.69, 9.17) is 16.2 Å². The number of rotatable bonds is 2. The second-order valence-corrected chi connectivity index (χ2v) is 4.46. The van der Waals surface area contributed by atoms with Gasteiger partial charge in [-0.25, -0.2) is 0 Å². The molecule has 4 nitrogen and oxygen atoms in total. The Labute approximate surface area is 111 Å². The molecule has 0 heterocycles. The quantitative estimate of drug-likeness (QED) is 0.630. The van der Waals surface area contributed by atoms with Crippen LogP contribution in [0, 0.1) is 0 Å². The highest BCUT2D eigenvalue weighted by Crippen LogP contribution is 2.46. The highest BCUT2D eigenvalue weighted by atomic mass is 16.5. The number of carbonyl (C=O) groups is 1. The first-order valence-electron chi connectivity index (χ1n) is 6.11. The molecular weight excluding hydrogens is 240 g/mol. The predicted molar refractivity (Wildman–Crippen MR) is 72.6 cm³/mol. The number of hydrogen-bond donors (Lipinski definition) is 2. The van der Waals surface area contributed by atoms with Crippen LogP contribution >= 0.6 is 0 Å². The van der Waals surface area contributed by atoms with Crippen molar-refractivity contribution in [1.29, 1.82) is 0 Å². The van der Waals surface area contributed by atoms with Crippen LogP contribution in [0.25, 0.3) is 11.1 Å². The summed E-state index contributed by atoms with van der Waals surface area (Å²) in [6.45, 7) is -0.147. The SMILES string of the molecule is NCC(=O)Oc1cccc2c1C(N)c1ccccc1-2. The third kappa shape index (κ3) is 1.82. The highest BCUT2D eigenvalue weighted by Gasteiger charge is 2.29. The van der Waals surface area contributed by atoms with E-state index in [1.165, 1.54) is 0 Å². The maximum absolute atomic E-state index is 11.4. The maximum atomic E-state index is 11.4. The molecule has 4 heteroatoms. The molecule has 96 valence electrons. The number of esters is 1. The van der Waals surface area contributed by atoms with Crippen molar-refractivity contribution in [3.05, 3.63) is 53.6 Å². The van der Waals surface area contributed by atoms with Gasteiger partial charge in [0.2, 0.25) is 0 Å². The van der Waals surface area contributed by atoms with E-state index in [-0.39, 0.29) is 12.6 Å². The predicted octanol–water partition coefficient (Wildman–Crippen LogP) is 1.58. The molecule has 0 radical (unpaired) electrons. The Bertz CT molecular complexity index is 652. The van der Waals surface area contributed by atoms with E-state index < -0.39 is 5.97 Å². The molecule has 0 aromatic heterocycles. The number of carbonyl (C=O) groups excluding carboxylic acids is 1. The first kappa shape index (κ1) is 11.9. The van der Waals surface area contributed by atoms with Crippen molar-refractivity contribution in [1.82, 2.24) is 0 Å². The van der Waals surface area contributed by atoms with Gasteiger partial charge >= 0.3 is 5.97 Å². The molecule has 0 fully saturated rings. The van der Waals surface area contributed by atoms with Crippen LogP contribution in [0.15, 0.2) is 42.5 Å². The largest absolute Gasteiger partial charge is 0.425 e. The Balaban J connectivity index is 2.13. The van der Waals surface area contributed by atoms with Crippen molar-refractivity contribution in [2.45, 2.75) is 6.04 Å². The van der Waals surface area contributed by atoms with Gasteiger partial charge in [0, 0.05) is 5.56 Å². The van der Waals surface area contributed by atoms with Crippen LogP contribution in [-0.2, 0) is 4.79 Å². The van der Waals surface area contributed by atoms with Crippen LogP contribution in [0.3, 0.4) is 0 Å². The van der Waals surface area contributed by atoms with Gasteiger partial charge in [-0.1, -0.05) is 36.4 Å². The normalized spacial score (nSPS) is 15.8. The number of hydrogen-bond acceptors (Lipinski definition) is 4. The molecule has 1 aliphatic carbocycles. The average Bonchev–Trinajstić information content (AvgIpc) is 2.74. The van der Waals surface area contributed by atoms with E-state index in [0.29, 0.717) is 5.75 Å². The zero-order valence-corrected chi connectivity index (χ0v) is 10.3. The minimum Gasteiger partial charge on any atom is -0.425 e. The van der Waals surface area contributed by atoms with Crippen molar-refractivity contribution in [3.63, 3.8) is 0 Å². The van der Waals surface area contributed by atoms with E-state index in [1.54, 1.807) is 6.07 Å². The van der Waals surface area contributed by atoms with Crippen molar-refractivity contribution in [2.24, 2.45) is 11.5 Å². The lowest BCUT2D eigenvalue weighted by Crippen LogP contribution is -2.21. The lowest BCUT2D eigenvalue weighted by atomic mass is 10.1. The summed E-state index contributed by atoms with van der Waals surface area (Å²) in [6.07, 6.45) is 0. The molecule has 1 atom stereocenters. The lowest BCUT2D eigenvalue weighted by molar-refractivity contribution is -0.132. The minimum absolute atomic E-state index is 0.147. The van der Waals surface area contributed by atoms with Gasteiger partial charge in [-0.3, -0.25) is 4.79 Å². The topological polar surface area (TPSA) is 78.3 Å². The first-order valence-corrected chi connectivity index (χ1v) is 6.11. The van der Waals surface area contributed by atoms with E-state index in [1.807, 2.05) is 36.4 Å². The smallest absolute Gasteiger partial charge is 0.325 e. The monoisotopic (exact) mass is 254 g/mol. The standard InChI is InChI=1S/C15H14N2O2/c16-8-13(18)19-12-7-3-6-10-9-4-1-2-5-11(9)15(17)14(10)12/h1-7,15H,8,16-17H2. The van der Waals surface area contributed by atoms with Gasteiger partial charge in [-0.15, -0.1) is 0 Å². The molecule has 1 aliphatic rings. The van der Waals surface area contributed by atoms with Gasteiger partial charge in [0.25, 0.3) is 0 Å². The summed E-state index contributed by atoms with van der Waals surface area (Å²) in [6, 6.07) is 13.3. The van der Waals surface area contributed by atoms with E-state index in [9.17, 15) is 4.79 Å². The Morgan fingerprint density at radius 3 is 2.63 bits per heavy atom. The number of ether oxygens (including phenoxy) is 1. The Morgan fingerprint density at radius 2 is 1.84 bits per heavy atom. The summed E-state index contributed by atoms with van der Waals surface area (Å²) in [5.41, 5.74) is 15.5. The molecule has 3 rings (SSSR count). The second-order valence-electron chi connectivity index (χ2n) is 4.46. The first-order chi connectivity index (χ1) is 9.22. The average molecular weight is 254 g/mol. The molecule has 0 bridgehead atoms. The molecule has 19 heavy (non-hydrogen) atoms. The molecule has 1 unspecified atom stereocenters. The summed E-state index contributed by atoms with van der Waals surface area (Å²) in [4.78, 5) is 11.4. The molecule has 0 saturated heterocycles. The number of fused-ring (bicyclic) bond motifs is 3. The third-order valence-electron chi connectivity index (χ3n) is 3.35. The molecular formula is C15H14N2O2. The van der Waals surface area contributed by atoms with Gasteiger partial charge in [0.15, 0.2) is 0 Å². The molecule has 0 spiro atoms. The van der Waals surface area contributed by atoms with Gasteiger partial charge in [-0.2, -0.15) is 0 Å².